The van der Waals surface area contributed by atoms with Gasteiger partial charge in [0.1, 0.15) is 17.3 Å². The SMILES string of the molecule is CCc1nc(C)ncc1C(=O)Nc1ccc(Oc2cccc(C)c2)cc1. The molecule has 0 unspecified atom stereocenters. The van der Waals surface area contributed by atoms with Crippen molar-refractivity contribution >= 4 is 11.6 Å². The molecule has 0 atom stereocenters. The monoisotopic (exact) mass is 347 g/mol. The number of amides is 1. The summed E-state index contributed by atoms with van der Waals surface area (Å²) >= 11 is 0. The molecule has 0 aliphatic heterocycles. The molecule has 0 radical (unpaired) electrons. The molecule has 3 aromatic rings. The average molecular weight is 347 g/mol. The van der Waals surface area contributed by atoms with E-state index in [1.165, 1.54) is 0 Å². The third-order valence-corrected chi connectivity index (χ3v) is 3.91. The molecule has 1 aromatic heterocycles. The van der Waals surface area contributed by atoms with Crippen molar-refractivity contribution in [1.82, 2.24) is 9.97 Å². The number of aromatic nitrogens is 2. The van der Waals surface area contributed by atoms with E-state index >= 15 is 0 Å². The third-order valence-electron chi connectivity index (χ3n) is 3.91. The van der Waals surface area contributed by atoms with Crippen LogP contribution >= 0.6 is 0 Å². The first kappa shape index (κ1) is 17.6. The van der Waals surface area contributed by atoms with Gasteiger partial charge in [0.25, 0.3) is 5.91 Å². The molecule has 5 heteroatoms. The largest absolute Gasteiger partial charge is 0.457 e. The van der Waals surface area contributed by atoms with Gasteiger partial charge in [-0.15, -0.1) is 0 Å². The highest BCUT2D eigenvalue weighted by atomic mass is 16.5. The number of nitrogens with one attached hydrogen (secondary N) is 1. The summed E-state index contributed by atoms with van der Waals surface area (Å²) in [6.45, 7) is 5.80. The third kappa shape index (κ3) is 4.25. The average Bonchev–Trinajstić information content (AvgIpc) is 2.63. The minimum atomic E-state index is -0.214. The Balaban J connectivity index is 1.70. The number of ether oxygens (including phenoxy) is 1. The van der Waals surface area contributed by atoms with Crippen LogP contribution in [-0.4, -0.2) is 15.9 Å². The summed E-state index contributed by atoms with van der Waals surface area (Å²) < 4.78 is 5.82. The number of aryl methyl sites for hydroxylation is 3. The van der Waals surface area contributed by atoms with E-state index in [2.05, 4.69) is 15.3 Å². The highest BCUT2D eigenvalue weighted by Crippen LogP contribution is 2.24. The maximum Gasteiger partial charge on any atom is 0.259 e. The Bertz CT molecular complexity index is 921. The van der Waals surface area contributed by atoms with Crippen LogP contribution in [-0.2, 0) is 6.42 Å². The van der Waals surface area contributed by atoms with Gasteiger partial charge in [-0.2, -0.15) is 0 Å². The van der Waals surface area contributed by atoms with E-state index in [1.54, 1.807) is 6.20 Å². The molecule has 0 bridgehead atoms. The molecular formula is C21H21N3O2. The normalized spacial score (nSPS) is 10.4. The van der Waals surface area contributed by atoms with Gasteiger partial charge in [-0.25, -0.2) is 9.97 Å². The summed E-state index contributed by atoms with van der Waals surface area (Å²) in [6, 6.07) is 15.1. The summed E-state index contributed by atoms with van der Waals surface area (Å²) in [6.07, 6.45) is 2.25. The molecule has 5 nitrogen and oxygen atoms in total. The van der Waals surface area contributed by atoms with Crippen LogP contribution in [0, 0.1) is 13.8 Å². The van der Waals surface area contributed by atoms with Crippen LogP contribution < -0.4 is 10.1 Å². The van der Waals surface area contributed by atoms with Crippen LogP contribution in [0.4, 0.5) is 5.69 Å². The van der Waals surface area contributed by atoms with Crippen LogP contribution in [0.2, 0.25) is 0 Å². The fourth-order valence-electron chi connectivity index (χ4n) is 2.60. The van der Waals surface area contributed by atoms with Crippen molar-refractivity contribution in [3.63, 3.8) is 0 Å². The van der Waals surface area contributed by atoms with E-state index in [0.717, 1.165) is 17.0 Å². The lowest BCUT2D eigenvalue weighted by Gasteiger charge is -2.10. The fourth-order valence-corrected chi connectivity index (χ4v) is 2.60. The van der Waals surface area contributed by atoms with Gasteiger partial charge >= 0.3 is 0 Å². The van der Waals surface area contributed by atoms with Gasteiger partial charge in [0.05, 0.1) is 11.3 Å². The molecule has 0 saturated carbocycles. The number of carbonyl (C=O) groups excluding carboxylic acids is 1. The van der Waals surface area contributed by atoms with E-state index < -0.39 is 0 Å². The van der Waals surface area contributed by atoms with Gasteiger partial charge in [-0.3, -0.25) is 4.79 Å². The molecule has 0 aliphatic rings. The predicted octanol–water partition coefficient (Wildman–Crippen LogP) is 4.70. The van der Waals surface area contributed by atoms with Crippen LogP contribution in [0.15, 0.2) is 54.7 Å². The van der Waals surface area contributed by atoms with E-state index in [0.29, 0.717) is 29.2 Å². The molecule has 0 saturated heterocycles. The first-order chi connectivity index (χ1) is 12.5. The van der Waals surface area contributed by atoms with Crippen LogP contribution in [0.1, 0.15) is 34.4 Å². The van der Waals surface area contributed by atoms with Crippen molar-refractivity contribution in [1.29, 1.82) is 0 Å². The number of anilines is 1. The van der Waals surface area contributed by atoms with Crippen molar-refractivity contribution in [2.75, 3.05) is 5.32 Å². The minimum Gasteiger partial charge on any atom is -0.457 e. The Hall–Kier alpha value is -3.21. The lowest BCUT2D eigenvalue weighted by atomic mass is 10.1. The summed E-state index contributed by atoms with van der Waals surface area (Å²) in [5.74, 6) is 1.94. The molecule has 26 heavy (non-hydrogen) atoms. The molecule has 2 aromatic carbocycles. The Labute approximate surface area is 153 Å². The Morgan fingerprint density at radius 1 is 1.08 bits per heavy atom. The predicted molar refractivity (Wildman–Crippen MR) is 102 cm³/mol. The van der Waals surface area contributed by atoms with E-state index in [4.69, 9.17) is 4.74 Å². The summed E-state index contributed by atoms with van der Waals surface area (Å²) in [5.41, 5.74) is 3.07. The molecule has 3 rings (SSSR count). The van der Waals surface area contributed by atoms with E-state index in [-0.39, 0.29) is 5.91 Å². The van der Waals surface area contributed by atoms with E-state index in [1.807, 2.05) is 69.3 Å². The molecule has 1 amide bonds. The molecule has 1 N–H and O–H groups in total. The second kappa shape index (κ2) is 7.78. The van der Waals surface area contributed by atoms with Gasteiger partial charge < -0.3 is 10.1 Å². The number of benzene rings is 2. The molecule has 0 fully saturated rings. The lowest BCUT2D eigenvalue weighted by Crippen LogP contribution is -2.16. The van der Waals surface area contributed by atoms with Crippen molar-refractivity contribution in [2.45, 2.75) is 27.2 Å². The summed E-state index contributed by atoms with van der Waals surface area (Å²) in [5, 5.41) is 2.88. The van der Waals surface area contributed by atoms with Gasteiger partial charge in [-0.1, -0.05) is 19.1 Å². The second-order valence-electron chi connectivity index (χ2n) is 6.03. The number of nitrogens with zero attached hydrogens (tertiary/aromatic N) is 2. The van der Waals surface area contributed by atoms with Crippen LogP contribution in [0.25, 0.3) is 0 Å². The number of carbonyl (C=O) groups is 1. The molecule has 0 spiro atoms. The Morgan fingerprint density at radius 3 is 2.54 bits per heavy atom. The second-order valence-corrected chi connectivity index (χ2v) is 6.03. The fraction of sp³-hybridized carbons (Fsp3) is 0.190. The minimum absolute atomic E-state index is 0.214. The first-order valence-electron chi connectivity index (χ1n) is 8.53. The van der Waals surface area contributed by atoms with Crippen molar-refractivity contribution in [2.24, 2.45) is 0 Å². The zero-order valence-electron chi connectivity index (χ0n) is 15.1. The quantitative estimate of drug-likeness (QED) is 0.726. The van der Waals surface area contributed by atoms with Gasteiger partial charge in [-0.05, 0) is 62.2 Å². The zero-order chi connectivity index (χ0) is 18.5. The maximum absolute atomic E-state index is 12.5. The topological polar surface area (TPSA) is 64.1 Å². The lowest BCUT2D eigenvalue weighted by molar-refractivity contribution is 0.102. The van der Waals surface area contributed by atoms with Crippen LogP contribution in [0.5, 0.6) is 11.5 Å². The zero-order valence-corrected chi connectivity index (χ0v) is 15.1. The first-order valence-corrected chi connectivity index (χ1v) is 8.53. The maximum atomic E-state index is 12.5. The smallest absolute Gasteiger partial charge is 0.259 e. The van der Waals surface area contributed by atoms with Crippen molar-refractivity contribution in [3.8, 4) is 11.5 Å². The highest BCUT2D eigenvalue weighted by molar-refractivity contribution is 6.04. The summed E-state index contributed by atoms with van der Waals surface area (Å²) in [7, 11) is 0. The van der Waals surface area contributed by atoms with Crippen molar-refractivity contribution in [3.05, 3.63) is 77.4 Å². The number of hydrogen-bond donors (Lipinski definition) is 1. The Morgan fingerprint density at radius 2 is 1.85 bits per heavy atom. The van der Waals surface area contributed by atoms with Crippen molar-refractivity contribution < 1.29 is 9.53 Å². The molecule has 132 valence electrons. The number of rotatable bonds is 5. The highest BCUT2D eigenvalue weighted by Gasteiger charge is 2.13. The van der Waals surface area contributed by atoms with Gasteiger partial charge in [0, 0.05) is 11.9 Å². The van der Waals surface area contributed by atoms with Crippen LogP contribution in [0.3, 0.4) is 0 Å². The number of hydrogen-bond acceptors (Lipinski definition) is 4. The van der Waals surface area contributed by atoms with Gasteiger partial charge in [0.15, 0.2) is 0 Å². The molecule has 1 heterocycles. The standard InChI is InChI=1S/C21H21N3O2/c1-4-20-19(13-22-15(3)23-20)21(25)24-16-8-10-17(11-9-16)26-18-7-5-6-14(2)12-18/h5-13H,4H2,1-3H3,(H,24,25). The molecule has 0 aliphatic carbocycles. The molecular weight excluding hydrogens is 326 g/mol. The Kier molecular flexibility index (Phi) is 5.27. The van der Waals surface area contributed by atoms with Gasteiger partial charge in [0.2, 0.25) is 0 Å². The van der Waals surface area contributed by atoms with E-state index in [9.17, 15) is 4.79 Å². The summed E-state index contributed by atoms with van der Waals surface area (Å²) in [4.78, 5) is 21.0.